The second-order valence-corrected chi connectivity index (χ2v) is 2.54. The van der Waals surface area contributed by atoms with Crippen LogP contribution in [-0.2, 0) is 9.59 Å². The van der Waals surface area contributed by atoms with Gasteiger partial charge in [-0.05, 0) is 19.8 Å². The summed E-state index contributed by atoms with van der Waals surface area (Å²) in [5.41, 5.74) is -0.694. The van der Waals surface area contributed by atoms with Crippen molar-refractivity contribution in [2.24, 2.45) is 5.41 Å². The maximum absolute atomic E-state index is 10.9. The molecule has 0 amide bonds. The number of hydrogen-bond donors (Lipinski definition) is 0. The van der Waals surface area contributed by atoms with Gasteiger partial charge < -0.3 is 4.79 Å². The van der Waals surface area contributed by atoms with Crippen LogP contribution in [0.5, 0.6) is 0 Å². The summed E-state index contributed by atoms with van der Waals surface area (Å²) in [5.74, 6) is -0.0208. The van der Waals surface area contributed by atoms with Crippen LogP contribution < -0.4 is 0 Å². The highest BCUT2D eigenvalue weighted by Gasteiger charge is 2.30. The smallest absolute Gasteiger partial charge is 0.143 e. The molecule has 0 saturated heterocycles. The van der Waals surface area contributed by atoms with Crippen LogP contribution in [0.3, 0.4) is 0 Å². The van der Waals surface area contributed by atoms with Crippen LogP contribution in [-0.4, -0.2) is 12.1 Å². The Hall–Kier alpha value is -0.660. The third kappa shape index (κ3) is 1.43. The quantitative estimate of drug-likeness (QED) is 0.441. The van der Waals surface area contributed by atoms with Gasteiger partial charge in [-0.25, -0.2) is 0 Å². The van der Waals surface area contributed by atoms with Gasteiger partial charge >= 0.3 is 0 Å². The van der Waals surface area contributed by atoms with Gasteiger partial charge in [-0.3, -0.25) is 4.79 Å². The average Bonchev–Trinajstić information content (AvgIpc) is 1.92. The lowest BCUT2D eigenvalue weighted by Crippen LogP contribution is -2.29. The summed E-state index contributed by atoms with van der Waals surface area (Å²) < 4.78 is 0. The van der Waals surface area contributed by atoms with Crippen molar-refractivity contribution in [2.75, 3.05) is 0 Å². The van der Waals surface area contributed by atoms with Crippen LogP contribution in [0.15, 0.2) is 0 Å². The Kier molecular flexibility index (Phi) is 3.26. The largest absolute Gasteiger partial charge is 0.302 e. The molecule has 0 radical (unpaired) electrons. The van der Waals surface area contributed by atoms with Crippen molar-refractivity contribution < 1.29 is 9.59 Å². The molecule has 10 heavy (non-hydrogen) atoms. The van der Waals surface area contributed by atoms with E-state index in [-0.39, 0.29) is 5.78 Å². The van der Waals surface area contributed by atoms with Crippen LogP contribution in [0.1, 0.15) is 33.6 Å². The molecule has 0 saturated carbocycles. The second kappa shape index (κ2) is 3.49. The van der Waals surface area contributed by atoms with Crippen molar-refractivity contribution in [3.8, 4) is 0 Å². The first-order valence-electron chi connectivity index (χ1n) is 3.60. The first-order valence-corrected chi connectivity index (χ1v) is 3.60. The summed E-state index contributed by atoms with van der Waals surface area (Å²) in [5, 5.41) is 0. The third-order valence-electron chi connectivity index (χ3n) is 2.19. The molecule has 2 heteroatoms. The normalized spacial score (nSPS) is 11.1. The first-order chi connectivity index (χ1) is 4.63. The van der Waals surface area contributed by atoms with Crippen molar-refractivity contribution in [3.63, 3.8) is 0 Å². The zero-order valence-corrected chi connectivity index (χ0v) is 6.81. The van der Waals surface area contributed by atoms with E-state index in [1.807, 2.05) is 13.8 Å². The van der Waals surface area contributed by atoms with Crippen LogP contribution >= 0.6 is 0 Å². The summed E-state index contributed by atoms with van der Waals surface area (Å²) in [7, 11) is 0. The Morgan fingerprint density at radius 3 is 1.80 bits per heavy atom. The molecular weight excluding hydrogens is 128 g/mol. The molecule has 0 aliphatic heterocycles. The summed E-state index contributed by atoms with van der Waals surface area (Å²) in [6.07, 6.45) is 2.00. The number of ketones is 1. The Morgan fingerprint density at radius 2 is 1.80 bits per heavy atom. The molecule has 0 rings (SSSR count). The number of Topliss-reactive ketones (excluding diaryl/α,β-unsaturated/α-hetero) is 1. The lowest BCUT2D eigenvalue weighted by atomic mass is 9.80. The average molecular weight is 142 g/mol. The number of carbonyl (C=O) groups excluding carboxylic acids is 2. The maximum atomic E-state index is 10.9. The van der Waals surface area contributed by atoms with Crippen molar-refractivity contribution in [3.05, 3.63) is 0 Å². The molecule has 0 fully saturated rings. The van der Waals surface area contributed by atoms with Crippen molar-refractivity contribution in [1.82, 2.24) is 0 Å². The van der Waals surface area contributed by atoms with Gasteiger partial charge in [-0.1, -0.05) is 13.8 Å². The lowest BCUT2D eigenvalue weighted by Gasteiger charge is -2.20. The predicted octanol–water partition coefficient (Wildman–Crippen LogP) is 1.58. The zero-order valence-electron chi connectivity index (χ0n) is 6.81. The fourth-order valence-electron chi connectivity index (χ4n) is 0.998. The molecule has 0 heterocycles. The molecule has 58 valence electrons. The van der Waals surface area contributed by atoms with E-state index in [4.69, 9.17) is 0 Å². The lowest BCUT2D eigenvalue weighted by molar-refractivity contribution is -0.133. The Bertz CT molecular complexity index is 134. The number of aldehydes is 1. The van der Waals surface area contributed by atoms with Gasteiger partial charge in [0.25, 0.3) is 0 Å². The van der Waals surface area contributed by atoms with Crippen LogP contribution in [0, 0.1) is 5.41 Å². The number of hydrogen-bond acceptors (Lipinski definition) is 2. The highest BCUT2D eigenvalue weighted by atomic mass is 16.1. The molecule has 0 bridgehead atoms. The van der Waals surface area contributed by atoms with Crippen LogP contribution in [0.25, 0.3) is 0 Å². The highest BCUT2D eigenvalue weighted by Crippen LogP contribution is 2.23. The molecule has 0 aliphatic rings. The molecule has 0 aromatic rings. The molecule has 0 aromatic carbocycles. The van der Waals surface area contributed by atoms with Crippen molar-refractivity contribution >= 4 is 12.1 Å². The molecular formula is C8H14O2. The van der Waals surface area contributed by atoms with E-state index in [0.717, 1.165) is 6.29 Å². The minimum Gasteiger partial charge on any atom is -0.302 e. The minimum absolute atomic E-state index is 0.0208. The van der Waals surface area contributed by atoms with Gasteiger partial charge in [0.1, 0.15) is 12.1 Å². The molecule has 0 aliphatic carbocycles. The van der Waals surface area contributed by atoms with Crippen molar-refractivity contribution in [1.29, 1.82) is 0 Å². The zero-order chi connectivity index (χ0) is 8.20. The summed E-state index contributed by atoms with van der Waals surface area (Å²) in [6.45, 7) is 5.19. The molecule has 0 spiro atoms. The first kappa shape index (κ1) is 9.34. The van der Waals surface area contributed by atoms with Crippen LogP contribution in [0.2, 0.25) is 0 Å². The fourth-order valence-corrected chi connectivity index (χ4v) is 0.998. The van der Waals surface area contributed by atoms with Crippen LogP contribution in [0.4, 0.5) is 0 Å². The van der Waals surface area contributed by atoms with Gasteiger partial charge in [0.05, 0.1) is 5.41 Å². The van der Waals surface area contributed by atoms with E-state index < -0.39 is 5.41 Å². The standard InChI is InChI=1S/C8H14O2/c1-4-8(5-2,6-9)7(3)10/h6H,4-5H2,1-3H3. The fraction of sp³-hybridized carbons (Fsp3) is 0.750. The van der Waals surface area contributed by atoms with Gasteiger partial charge in [-0.2, -0.15) is 0 Å². The van der Waals surface area contributed by atoms with E-state index in [2.05, 4.69) is 0 Å². The topological polar surface area (TPSA) is 34.1 Å². The van der Waals surface area contributed by atoms with E-state index in [1.165, 1.54) is 6.92 Å². The van der Waals surface area contributed by atoms with E-state index in [0.29, 0.717) is 12.8 Å². The van der Waals surface area contributed by atoms with Gasteiger partial charge in [-0.15, -0.1) is 0 Å². The Balaban J connectivity index is 4.46. The van der Waals surface area contributed by atoms with Crippen molar-refractivity contribution in [2.45, 2.75) is 33.6 Å². The SMILES string of the molecule is CCC(C=O)(CC)C(C)=O. The Labute approximate surface area is 61.6 Å². The Morgan fingerprint density at radius 1 is 1.40 bits per heavy atom. The van der Waals surface area contributed by atoms with E-state index in [9.17, 15) is 9.59 Å². The minimum atomic E-state index is -0.694. The number of carbonyl (C=O) groups is 2. The van der Waals surface area contributed by atoms with E-state index >= 15 is 0 Å². The maximum Gasteiger partial charge on any atom is 0.143 e. The highest BCUT2D eigenvalue weighted by molar-refractivity contribution is 5.96. The molecule has 0 aromatic heterocycles. The molecule has 0 atom stereocenters. The van der Waals surface area contributed by atoms with Gasteiger partial charge in [0, 0.05) is 0 Å². The number of rotatable bonds is 4. The van der Waals surface area contributed by atoms with E-state index in [1.54, 1.807) is 0 Å². The summed E-state index contributed by atoms with van der Waals surface area (Å²) in [4.78, 5) is 21.4. The second-order valence-electron chi connectivity index (χ2n) is 2.54. The summed E-state index contributed by atoms with van der Waals surface area (Å²) >= 11 is 0. The molecule has 2 nitrogen and oxygen atoms in total. The molecule has 0 unspecified atom stereocenters. The monoisotopic (exact) mass is 142 g/mol. The summed E-state index contributed by atoms with van der Waals surface area (Å²) in [6, 6.07) is 0. The van der Waals surface area contributed by atoms with Gasteiger partial charge in [0.2, 0.25) is 0 Å². The molecule has 0 N–H and O–H groups in total. The van der Waals surface area contributed by atoms with Gasteiger partial charge in [0.15, 0.2) is 0 Å². The predicted molar refractivity (Wildman–Crippen MR) is 39.8 cm³/mol. The third-order valence-corrected chi connectivity index (χ3v) is 2.19.